The second kappa shape index (κ2) is 9.99. The molecule has 0 aromatic heterocycles. The Balaban J connectivity index is 2.78. The van der Waals surface area contributed by atoms with Crippen molar-refractivity contribution in [2.45, 2.75) is 60.9 Å². The molecule has 2 aliphatic rings. The average Bonchev–Trinajstić information content (AvgIpc) is 2.74. The first-order chi connectivity index (χ1) is 14.5. The van der Waals surface area contributed by atoms with Crippen LogP contribution in [0, 0.1) is 0 Å². The lowest BCUT2D eigenvalue weighted by Gasteiger charge is -2.62. The lowest BCUT2D eigenvalue weighted by Crippen LogP contribution is -2.90. The fraction of sp³-hybridized carbons (Fsp3) is 0.882. The lowest BCUT2D eigenvalue weighted by molar-refractivity contribution is -0.353. The maximum Gasteiger partial charge on any atom is 0.234 e. The van der Waals surface area contributed by atoms with Crippen LogP contribution in [0.2, 0.25) is 0 Å². The van der Waals surface area contributed by atoms with Gasteiger partial charge in [-0.05, 0) is 0 Å². The molecule has 2 heterocycles. The van der Waals surface area contributed by atoms with Crippen LogP contribution in [0.25, 0.3) is 0 Å². The number of hydrogen-bond acceptors (Lipinski definition) is 12. The minimum atomic E-state index is -2.71. The van der Waals surface area contributed by atoms with Crippen molar-refractivity contribution in [3.05, 3.63) is 0 Å². The van der Waals surface area contributed by atoms with Gasteiger partial charge in [-0.1, -0.05) is 0 Å². The lowest BCUT2D eigenvalue weighted by atomic mass is 9.62. The smallest absolute Gasteiger partial charge is 0.234 e. The molecule has 2 fully saturated rings. The van der Waals surface area contributed by atoms with Crippen molar-refractivity contribution in [3.8, 4) is 0 Å². The number of rotatable bonds is 7. The van der Waals surface area contributed by atoms with Gasteiger partial charge in [0.05, 0.1) is 32.4 Å². The van der Waals surface area contributed by atoms with Crippen LogP contribution < -0.4 is 16.4 Å². The van der Waals surface area contributed by atoms with Crippen LogP contribution in [0.3, 0.4) is 0 Å². The molecule has 0 aromatic rings. The molecule has 0 bridgehead atoms. The highest BCUT2D eigenvalue weighted by Crippen LogP contribution is 2.45. The van der Waals surface area contributed by atoms with E-state index in [2.05, 4.69) is 10.6 Å². The molecule has 0 aromatic carbocycles. The molecule has 180 valence electrons. The summed E-state index contributed by atoms with van der Waals surface area (Å²) in [5.74, 6) is -1.64. The monoisotopic (exact) mass is 453 g/mol. The molecule has 31 heavy (non-hydrogen) atoms. The number of methoxy groups -OCH3 is 1. The molecule has 2 saturated heterocycles. The molecular weight excluding hydrogens is 422 g/mol. The summed E-state index contributed by atoms with van der Waals surface area (Å²) in [7, 11) is 1.10. The van der Waals surface area contributed by atoms with Crippen LogP contribution in [0.4, 0.5) is 0 Å². The third-order valence-electron chi connectivity index (χ3n) is 5.77. The second-order valence-electron chi connectivity index (χ2n) is 7.56. The number of carbonyl (C=O) groups is 2. The third-order valence-corrected chi connectivity index (χ3v) is 5.77. The minimum Gasteiger partial charge on any atom is -0.394 e. The van der Waals surface area contributed by atoms with E-state index in [9.17, 15) is 40.2 Å². The van der Waals surface area contributed by atoms with E-state index in [1.54, 1.807) is 0 Å². The van der Waals surface area contributed by atoms with E-state index >= 15 is 0 Å². The first kappa shape index (κ1) is 25.8. The number of aliphatic hydroxyl groups is 6. The largest absolute Gasteiger partial charge is 0.394 e. The Morgan fingerprint density at radius 3 is 2.35 bits per heavy atom. The third kappa shape index (κ3) is 4.16. The van der Waals surface area contributed by atoms with Crippen molar-refractivity contribution in [3.63, 3.8) is 0 Å². The zero-order chi connectivity index (χ0) is 23.6. The van der Waals surface area contributed by atoms with Gasteiger partial charge in [-0.3, -0.25) is 9.59 Å². The summed E-state index contributed by atoms with van der Waals surface area (Å²) in [5, 5.41) is 68.2. The van der Waals surface area contributed by atoms with E-state index in [1.807, 2.05) is 0 Å². The Bertz CT molecular complexity index is 651. The summed E-state index contributed by atoms with van der Waals surface area (Å²) in [6.07, 6.45) is -10.3. The molecule has 2 amide bonds. The molecule has 0 unspecified atom stereocenters. The maximum absolute atomic E-state index is 12.2. The van der Waals surface area contributed by atoms with Gasteiger partial charge in [0.1, 0.15) is 36.1 Å². The van der Waals surface area contributed by atoms with Crippen LogP contribution in [-0.4, -0.2) is 130 Å². The molecule has 0 aliphatic carbocycles. The van der Waals surface area contributed by atoms with E-state index in [0.717, 1.165) is 14.0 Å². The van der Waals surface area contributed by atoms with Crippen molar-refractivity contribution in [2.24, 2.45) is 5.73 Å². The highest BCUT2D eigenvalue weighted by atomic mass is 16.7. The molecule has 10 N–H and O–H groups in total. The normalized spacial score (nSPS) is 43.3. The fourth-order valence-corrected chi connectivity index (χ4v) is 4.39. The molecule has 9 atom stereocenters. The maximum atomic E-state index is 12.2. The van der Waals surface area contributed by atoms with Crippen molar-refractivity contribution in [2.75, 3.05) is 33.5 Å². The molecule has 14 heteroatoms. The Hall–Kier alpha value is -1.46. The van der Waals surface area contributed by atoms with Crippen molar-refractivity contribution < 1.29 is 54.4 Å². The summed E-state index contributed by atoms with van der Waals surface area (Å²) < 4.78 is 16.1. The molecule has 14 nitrogen and oxygen atoms in total. The highest BCUT2D eigenvalue weighted by Gasteiger charge is 2.73. The van der Waals surface area contributed by atoms with Crippen LogP contribution in [0.1, 0.15) is 6.92 Å². The van der Waals surface area contributed by atoms with Gasteiger partial charge >= 0.3 is 0 Å². The van der Waals surface area contributed by atoms with E-state index < -0.39 is 92.2 Å². The Labute approximate surface area is 177 Å². The molecule has 2 aliphatic heterocycles. The number of carbonyl (C=O) groups excluding carboxylic acids is 2. The van der Waals surface area contributed by atoms with E-state index in [0.29, 0.717) is 0 Å². The zero-order valence-corrected chi connectivity index (χ0v) is 17.2. The summed E-state index contributed by atoms with van der Waals surface area (Å²) in [6, 6.07) is -1.67. The van der Waals surface area contributed by atoms with E-state index in [-0.39, 0.29) is 0 Å². The van der Waals surface area contributed by atoms with Gasteiger partial charge in [0.2, 0.25) is 11.8 Å². The van der Waals surface area contributed by atoms with Crippen molar-refractivity contribution in [1.82, 2.24) is 10.6 Å². The predicted octanol–water partition coefficient (Wildman–Crippen LogP) is -6.13. The molecular formula is C17H31N3O11. The van der Waals surface area contributed by atoms with Gasteiger partial charge in [-0.2, -0.15) is 0 Å². The van der Waals surface area contributed by atoms with Crippen molar-refractivity contribution >= 4 is 11.8 Å². The minimum absolute atomic E-state index is 0.435. The van der Waals surface area contributed by atoms with Gasteiger partial charge in [-0.15, -0.1) is 0 Å². The Morgan fingerprint density at radius 1 is 1.23 bits per heavy atom. The van der Waals surface area contributed by atoms with Gasteiger partial charge < -0.3 is 61.2 Å². The molecule has 0 spiro atoms. The predicted molar refractivity (Wildman–Crippen MR) is 100 cm³/mol. The van der Waals surface area contributed by atoms with Gasteiger partial charge in [-0.25, -0.2) is 0 Å². The highest BCUT2D eigenvalue weighted by molar-refractivity contribution is 5.78. The zero-order valence-electron chi connectivity index (χ0n) is 17.2. The topological polar surface area (TPSA) is 233 Å². The Kier molecular flexibility index (Phi) is 8.32. The van der Waals surface area contributed by atoms with E-state index in [1.165, 1.54) is 0 Å². The van der Waals surface area contributed by atoms with Crippen molar-refractivity contribution in [1.29, 1.82) is 0 Å². The molecule has 2 rings (SSSR count). The first-order valence-electron chi connectivity index (χ1n) is 9.61. The van der Waals surface area contributed by atoms with Crippen LogP contribution in [-0.2, 0) is 23.8 Å². The number of aliphatic hydroxyl groups excluding tert-OH is 5. The first-order valence-corrected chi connectivity index (χ1v) is 9.61. The van der Waals surface area contributed by atoms with Gasteiger partial charge in [0.15, 0.2) is 11.8 Å². The Morgan fingerprint density at radius 2 is 1.87 bits per heavy atom. The van der Waals surface area contributed by atoms with E-state index in [4.69, 9.17) is 19.9 Å². The number of nitrogens with two attached hydrogens (primary N) is 1. The van der Waals surface area contributed by atoms with Crippen LogP contribution in [0.15, 0.2) is 0 Å². The summed E-state index contributed by atoms with van der Waals surface area (Å²) in [4.78, 5) is 24.2. The van der Waals surface area contributed by atoms with Crippen LogP contribution in [0.5, 0.6) is 0 Å². The SMILES string of the molecule is CO[C@H]1O[C@H](CO)[C@@H](O)[C@H](O)[C@]1(NC(C)=O)[C@@]1(O)[C@@H](CO)OC[C@H](O)[C@@H]1NC(=O)CN. The molecule has 0 saturated carbocycles. The van der Waals surface area contributed by atoms with Gasteiger partial charge in [0, 0.05) is 14.0 Å². The number of amides is 2. The fourth-order valence-electron chi connectivity index (χ4n) is 4.39. The average molecular weight is 453 g/mol. The molecule has 0 radical (unpaired) electrons. The summed E-state index contributed by atoms with van der Waals surface area (Å²) in [5.41, 5.74) is 0.118. The second-order valence-corrected chi connectivity index (χ2v) is 7.56. The van der Waals surface area contributed by atoms with Crippen LogP contribution >= 0.6 is 0 Å². The number of hydrogen-bond donors (Lipinski definition) is 9. The summed E-state index contributed by atoms with van der Waals surface area (Å²) >= 11 is 0. The van der Waals surface area contributed by atoms with Gasteiger partial charge in [0.25, 0.3) is 0 Å². The summed E-state index contributed by atoms with van der Waals surface area (Å²) in [6.45, 7) is -1.56. The number of nitrogens with one attached hydrogen (secondary N) is 2. The number of ether oxygens (including phenoxy) is 3. The quantitative estimate of drug-likeness (QED) is 0.175. The standard InChI is InChI=1S/C17H31N3O11/c1-7(23)20-16(14(27)12(26)9(4-21)31-15(16)29-2)17(28)10(5-22)30-6-8(24)13(17)19-11(25)3-18/h8-10,12-15,21-22,24,26-28H,3-6,18H2,1-2H3,(H,19,25)(H,20,23)/t8-,9+,10+,12+,13-,14-,15-,16+,17+/m0/s1.